The fourth-order valence-electron chi connectivity index (χ4n) is 1.36. The molecule has 0 spiro atoms. The molecule has 1 atom stereocenters. The van der Waals surface area contributed by atoms with Gasteiger partial charge in [-0.05, 0) is 32.9 Å². The molecule has 1 unspecified atom stereocenters. The molecule has 0 fully saturated rings. The van der Waals surface area contributed by atoms with Crippen molar-refractivity contribution in [3.05, 3.63) is 5.82 Å². The van der Waals surface area contributed by atoms with Crippen molar-refractivity contribution in [3.8, 4) is 0 Å². The van der Waals surface area contributed by atoms with Crippen LogP contribution in [-0.4, -0.2) is 26.7 Å². The Morgan fingerprint density at radius 1 is 1.11 bits per heavy atom. The summed E-state index contributed by atoms with van der Waals surface area (Å²) >= 11 is 1.51. The van der Waals surface area contributed by atoms with Crippen LogP contribution in [0.5, 0.6) is 0 Å². The number of thioether (sulfide) groups is 1. The molecule has 0 bridgehead atoms. The SMILES string of the molecule is CSc1nc(C(C)C(C)C)nc(N(N)C(C)(C)C)n1. The number of aromatic nitrogens is 3. The van der Waals surface area contributed by atoms with E-state index in [-0.39, 0.29) is 11.5 Å². The maximum atomic E-state index is 6.11. The lowest BCUT2D eigenvalue weighted by molar-refractivity contribution is 0.480. The molecule has 0 saturated carbocycles. The zero-order chi connectivity index (χ0) is 14.8. The van der Waals surface area contributed by atoms with Gasteiger partial charge in [0.25, 0.3) is 0 Å². The van der Waals surface area contributed by atoms with Crippen molar-refractivity contribution < 1.29 is 0 Å². The molecular formula is C13H25N5S. The molecule has 0 aliphatic rings. The van der Waals surface area contributed by atoms with Gasteiger partial charge in [-0.25, -0.2) is 10.8 Å². The molecular weight excluding hydrogens is 258 g/mol. The molecule has 0 aromatic carbocycles. The Kier molecular flexibility index (Phi) is 5.15. The van der Waals surface area contributed by atoms with Crippen LogP contribution in [0.4, 0.5) is 5.95 Å². The minimum Gasteiger partial charge on any atom is -0.273 e. The summed E-state index contributed by atoms with van der Waals surface area (Å²) in [7, 11) is 0. The molecule has 1 aromatic heterocycles. The smallest absolute Gasteiger partial charge is 0.244 e. The van der Waals surface area contributed by atoms with Gasteiger partial charge < -0.3 is 0 Å². The highest BCUT2D eigenvalue weighted by atomic mass is 32.2. The van der Waals surface area contributed by atoms with Gasteiger partial charge in [0.05, 0.1) is 5.54 Å². The topological polar surface area (TPSA) is 67.9 Å². The number of nitrogens with two attached hydrogens (primary N) is 1. The van der Waals surface area contributed by atoms with Crippen LogP contribution in [0.2, 0.25) is 0 Å². The summed E-state index contributed by atoms with van der Waals surface area (Å²) in [5, 5.41) is 2.32. The van der Waals surface area contributed by atoms with E-state index >= 15 is 0 Å². The molecule has 1 aromatic rings. The van der Waals surface area contributed by atoms with Crippen LogP contribution < -0.4 is 10.9 Å². The maximum Gasteiger partial charge on any atom is 0.244 e. The maximum absolute atomic E-state index is 6.11. The van der Waals surface area contributed by atoms with Gasteiger partial charge in [0.2, 0.25) is 5.95 Å². The second kappa shape index (κ2) is 6.05. The lowest BCUT2D eigenvalue weighted by atomic mass is 9.97. The van der Waals surface area contributed by atoms with Crippen molar-refractivity contribution in [1.82, 2.24) is 15.0 Å². The summed E-state index contributed by atoms with van der Waals surface area (Å²) in [6.07, 6.45) is 1.96. The highest BCUT2D eigenvalue weighted by molar-refractivity contribution is 7.98. The van der Waals surface area contributed by atoms with Crippen molar-refractivity contribution in [2.24, 2.45) is 11.8 Å². The first-order valence-corrected chi connectivity index (χ1v) is 7.74. The van der Waals surface area contributed by atoms with Gasteiger partial charge in [-0.3, -0.25) is 5.01 Å². The Morgan fingerprint density at radius 3 is 2.11 bits per heavy atom. The summed E-state index contributed by atoms with van der Waals surface area (Å²) in [4.78, 5) is 13.4. The van der Waals surface area contributed by atoms with E-state index in [1.807, 2.05) is 27.0 Å². The van der Waals surface area contributed by atoms with Crippen LogP contribution in [0, 0.1) is 5.92 Å². The Labute approximate surface area is 120 Å². The number of hydrazine groups is 1. The predicted octanol–water partition coefficient (Wildman–Crippen LogP) is 2.83. The average molecular weight is 283 g/mol. The van der Waals surface area contributed by atoms with E-state index in [9.17, 15) is 0 Å². The minimum absolute atomic E-state index is 0.227. The van der Waals surface area contributed by atoms with Crippen LogP contribution in [0.15, 0.2) is 5.16 Å². The summed E-state index contributed by atoms with van der Waals surface area (Å²) < 4.78 is 0. The van der Waals surface area contributed by atoms with E-state index in [1.165, 1.54) is 11.8 Å². The molecule has 19 heavy (non-hydrogen) atoms. The molecule has 2 N–H and O–H groups in total. The number of rotatable bonds is 4. The van der Waals surface area contributed by atoms with E-state index in [0.29, 0.717) is 17.0 Å². The summed E-state index contributed by atoms with van der Waals surface area (Å²) in [5.74, 6) is 8.21. The van der Waals surface area contributed by atoms with Gasteiger partial charge in [-0.2, -0.15) is 9.97 Å². The first-order valence-electron chi connectivity index (χ1n) is 6.51. The molecule has 1 heterocycles. The van der Waals surface area contributed by atoms with Gasteiger partial charge in [-0.1, -0.05) is 32.5 Å². The van der Waals surface area contributed by atoms with E-state index in [1.54, 1.807) is 5.01 Å². The monoisotopic (exact) mass is 283 g/mol. The van der Waals surface area contributed by atoms with Gasteiger partial charge >= 0.3 is 0 Å². The normalized spacial score (nSPS) is 13.7. The fraction of sp³-hybridized carbons (Fsp3) is 0.769. The molecule has 6 heteroatoms. The second-order valence-corrected chi connectivity index (χ2v) is 6.83. The summed E-state index contributed by atoms with van der Waals surface area (Å²) in [6, 6.07) is 0. The van der Waals surface area contributed by atoms with E-state index in [4.69, 9.17) is 5.84 Å². The second-order valence-electron chi connectivity index (χ2n) is 6.05. The predicted molar refractivity (Wildman–Crippen MR) is 81.3 cm³/mol. The highest BCUT2D eigenvalue weighted by Crippen LogP contribution is 2.25. The fourth-order valence-corrected chi connectivity index (χ4v) is 1.72. The largest absolute Gasteiger partial charge is 0.273 e. The van der Waals surface area contributed by atoms with Crippen LogP contribution in [0.1, 0.15) is 53.3 Å². The number of hydrogen-bond acceptors (Lipinski definition) is 6. The van der Waals surface area contributed by atoms with E-state index < -0.39 is 0 Å². The van der Waals surface area contributed by atoms with Crippen LogP contribution in [0.3, 0.4) is 0 Å². The molecule has 0 amide bonds. The van der Waals surface area contributed by atoms with Crippen molar-refractivity contribution in [2.75, 3.05) is 11.3 Å². The third-order valence-corrected chi connectivity index (χ3v) is 3.70. The number of hydrogen-bond donors (Lipinski definition) is 1. The lowest BCUT2D eigenvalue weighted by Crippen LogP contribution is -2.48. The number of anilines is 1. The molecule has 0 aliphatic carbocycles. The third-order valence-electron chi connectivity index (χ3n) is 3.15. The van der Waals surface area contributed by atoms with Gasteiger partial charge in [0.1, 0.15) is 5.82 Å². The first-order chi connectivity index (χ1) is 8.66. The molecule has 0 saturated heterocycles. The molecule has 0 aliphatic heterocycles. The molecule has 0 radical (unpaired) electrons. The minimum atomic E-state index is -0.227. The quantitative estimate of drug-likeness (QED) is 0.520. The number of nitrogens with zero attached hydrogens (tertiary/aromatic N) is 4. The molecule has 1 rings (SSSR count). The van der Waals surface area contributed by atoms with Crippen molar-refractivity contribution in [3.63, 3.8) is 0 Å². The Bertz CT molecular complexity index is 428. The highest BCUT2D eigenvalue weighted by Gasteiger charge is 2.24. The molecule has 5 nitrogen and oxygen atoms in total. The van der Waals surface area contributed by atoms with Gasteiger partial charge in [0, 0.05) is 5.92 Å². The van der Waals surface area contributed by atoms with Crippen LogP contribution in [-0.2, 0) is 0 Å². The molecule has 108 valence electrons. The first kappa shape index (κ1) is 16.2. The standard InChI is InChI=1S/C13H25N5S/c1-8(2)9(3)10-15-11(17-12(16-10)19-7)18(14)13(4,5)6/h8-9H,14H2,1-7H3. The van der Waals surface area contributed by atoms with Gasteiger partial charge in [-0.15, -0.1) is 0 Å². The van der Waals surface area contributed by atoms with Crippen molar-refractivity contribution in [2.45, 2.75) is 58.2 Å². The Morgan fingerprint density at radius 2 is 1.68 bits per heavy atom. The summed E-state index contributed by atoms with van der Waals surface area (Å²) in [5.41, 5.74) is -0.227. The summed E-state index contributed by atoms with van der Waals surface area (Å²) in [6.45, 7) is 12.5. The zero-order valence-corrected chi connectivity index (χ0v) is 13.7. The Hall–Kier alpha value is -0.880. The van der Waals surface area contributed by atoms with Crippen LogP contribution in [0.25, 0.3) is 0 Å². The van der Waals surface area contributed by atoms with Gasteiger partial charge in [0.15, 0.2) is 5.16 Å². The average Bonchev–Trinajstić information content (AvgIpc) is 2.34. The Balaban J connectivity index is 3.23. The third kappa shape index (κ3) is 4.04. The van der Waals surface area contributed by atoms with E-state index in [0.717, 1.165) is 5.82 Å². The van der Waals surface area contributed by atoms with Crippen molar-refractivity contribution in [1.29, 1.82) is 0 Å². The van der Waals surface area contributed by atoms with E-state index in [2.05, 4.69) is 35.7 Å². The van der Waals surface area contributed by atoms with Crippen molar-refractivity contribution >= 4 is 17.7 Å². The van der Waals surface area contributed by atoms with Crippen LogP contribution >= 0.6 is 11.8 Å². The zero-order valence-electron chi connectivity index (χ0n) is 12.9. The lowest BCUT2D eigenvalue weighted by Gasteiger charge is -2.31.